The van der Waals surface area contributed by atoms with Crippen LogP contribution in [0.25, 0.3) is 0 Å². The molecule has 0 aromatic heterocycles. The van der Waals surface area contributed by atoms with Gasteiger partial charge in [-0.05, 0) is 27.7 Å². The molecule has 6 heteroatoms. The molecule has 0 aliphatic carbocycles. The van der Waals surface area contributed by atoms with Gasteiger partial charge in [0.1, 0.15) is 11.6 Å². The van der Waals surface area contributed by atoms with Crippen LogP contribution in [0.15, 0.2) is 0 Å². The molecule has 4 nitrogen and oxygen atoms in total. The van der Waals surface area contributed by atoms with E-state index in [0.717, 1.165) is 0 Å². The van der Waals surface area contributed by atoms with E-state index in [4.69, 9.17) is 0 Å². The highest BCUT2D eigenvalue weighted by Gasteiger charge is 1.75. The highest BCUT2D eigenvalue weighted by atomic mass is 16.5. The second-order valence-electron chi connectivity index (χ2n) is 2.51. The number of rotatable bonds is 0. The van der Waals surface area contributed by atoms with Crippen molar-refractivity contribution in [2.45, 2.75) is 34.6 Å². The number of methoxy groups -OCH3 is 1. The maximum absolute atomic E-state index is 9.59. The quantitative estimate of drug-likeness (QED) is 0.435. The van der Waals surface area contributed by atoms with Gasteiger partial charge in [0.05, 0.1) is 7.11 Å². The number of ketones is 2. The lowest BCUT2D eigenvalue weighted by Crippen LogP contribution is -1.88. The van der Waals surface area contributed by atoms with Crippen molar-refractivity contribution in [3.05, 3.63) is 0 Å². The van der Waals surface area contributed by atoms with Gasteiger partial charge in [0.25, 0.3) is 0 Å². The van der Waals surface area contributed by atoms with Crippen molar-refractivity contribution in [2.24, 2.45) is 0 Å². The molecule has 0 amide bonds. The maximum atomic E-state index is 9.59. The van der Waals surface area contributed by atoms with Gasteiger partial charge >= 0.3 is 5.97 Å². The highest BCUT2D eigenvalue weighted by Crippen LogP contribution is 1.60. The molecular weight excluding hydrogens is 194 g/mol. The Balaban J connectivity index is -0.0000000562. The highest BCUT2D eigenvalue weighted by molar-refractivity contribution is 6.75. The molecule has 0 N–H and O–H groups in total. The van der Waals surface area contributed by atoms with E-state index in [9.17, 15) is 14.4 Å². The van der Waals surface area contributed by atoms with Crippen LogP contribution in [0.2, 0.25) is 0 Å². The first-order valence-electron chi connectivity index (χ1n) is 4.06. The van der Waals surface area contributed by atoms with Gasteiger partial charge in [0.2, 0.25) is 0 Å². The summed E-state index contributed by atoms with van der Waals surface area (Å²) in [6.45, 7) is 7.47. The van der Waals surface area contributed by atoms with Gasteiger partial charge in [0.15, 0.2) is 0 Å². The third-order valence-corrected chi connectivity index (χ3v) is 0.287. The van der Waals surface area contributed by atoms with E-state index in [0.29, 0.717) is 0 Å². The summed E-state index contributed by atoms with van der Waals surface area (Å²) < 4.78 is 4.11. The molecule has 0 saturated heterocycles. The molecule has 0 saturated carbocycles. The zero-order valence-electron chi connectivity index (χ0n) is 10.3. The number of esters is 1. The van der Waals surface area contributed by atoms with Crippen LogP contribution in [0.3, 0.4) is 0 Å². The van der Waals surface area contributed by atoms with Crippen molar-refractivity contribution in [1.29, 1.82) is 0 Å². The summed E-state index contributed by atoms with van der Waals surface area (Å²) in [6, 6.07) is 0. The van der Waals surface area contributed by atoms with Crippen LogP contribution in [-0.4, -0.2) is 40.1 Å². The smallest absolute Gasteiger partial charge is 0.302 e. The molecule has 0 unspecified atom stereocenters. The van der Waals surface area contributed by atoms with Crippen molar-refractivity contribution < 1.29 is 19.1 Å². The minimum atomic E-state index is -0.245. The lowest BCUT2D eigenvalue weighted by atomic mass is 9.81. The van der Waals surface area contributed by atoms with Gasteiger partial charge in [-0.3, -0.25) is 4.79 Å². The minimum Gasteiger partial charge on any atom is -0.469 e. The predicted molar refractivity (Wildman–Crippen MR) is 61.9 cm³/mol. The Labute approximate surface area is 94.6 Å². The van der Waals surface area contributed by atoms with E-state index in [2.05, 4.69) is 20.2 Å². The Morgan fingerprint density at radius 3 is 0.867 bits per heavy atom. The second kappa shape index (κ2) is 23.1. The van der Waals surface area contributed by atoms with Crippen LogP contribution >= 0.6 is 0 Å². The fourth-order valence-electron chi connectivity index (χ4n) is 0. The molecule has 15 heavy (non-hydrogen) atoms. The third-order valence-electron chi connectivity index (χ3n) is 0.287. The van der Waals surface area contributed by atoms with Crippen molar-refractivity contribution in [3.63, 3.8) is 0 Å². The Kier molecular flexibility index (Phi) is 36.4. The molecule has 0 aliphatic heterocycles. The number of Topliss-reactive ketones (excluding diaryl/α,β-unsaturated/α-hetero) is 2. The van der Waals surface area contributed by atoms with Crippen molar-refractivity contribution >= 4 is 33.0 Å². The second-order valence-corrected chi connectivity index (χ2v) is 2.51. The van der Waals surface area contributed by atoms with Crippen LogP contribution in [0.4, 0.5) is 0 Å². The summed E-state index contributed by atoms with van der Waals surface area (Å²) in [6.07, 6.45) is 0. The first-order valence-corrected chi connectivity index (χ1v) is 4.06. The standard InChI is InChI=1S/C3H6O2.2C3H6O.B2/c1-3(4)5-2;2*1-3(2)4;1-2/h1-2H3;2*1-2H3;. The SMILES string of the molecule is CC(C)=O.CC(C)=O.COC(C)=O.[B][B]. The largest absolute Gasteiger partial charge is 0.469 e. The monoisotopic (exact) mass is 212 g/mol. The van der Waals surface area contributed by atoms with E-state index in [1.165, 1.54) is 41.7 Å². The Bertz CT molecular complexity index is 149. The average Bonchev–Trinajstić information content (AvgIpc) is 2.06. The first kappa shape index (κ1) is 23.6. The summed E-state index contributed by atoms with van der Waals surface area (Å²) in [4.78, 5) is 28.5. The van der Waals surface area contributed by atoms with E-state index in [1.807, 2.05) is 0 Å². The summed E-state index contributed by atoms with van der Waals surface area (Å²) in [5.74, 6) is 0.0880. The molecule has 0 aromatic carbocycles. The molecule has 0 aliphatic rings. The predicted octanol–water partition coefficient (Wildman–Crippen LogP) is 0.608. The van der Waals surface area contributed by atoms with Gasteiger partial charge in [-0.2, -0.15) is 0 Å². The lowest BCUT2D eigenvalue weighted by Gasteiger charge is -1.80. The number of ether oxygens (including phenoxy) is 1. The van der Waals surface area contributed by atoms with Gasteiger partial charge in [0, 0.05) is 22.4 Å². The van der Waals surface area contributed by atoms with Gasteiger partial charge in [-0.15, -0.1) is 0 Å². The molecule has 4 radical (unpaired) electrons. The van der Waals surface area contributed by atoms with Crippen molar-refractivity contribution in [2.75, 3.05) is 7.11 Å². The molecule has 0 fully saturated rings. The molecular formula is C9H18B2O4. The third kappa shape index (κ3) is 1750. The summed E-state index contributed by atoms with van der Waals surface area (Å²) in [7, 11) is 9.35. The van der Waals surface area contributed by atoms with E-state index < -0.39 is 0 Å². The van der Waals surface area contributed by atoms with Crippen LogP contribution in [-0.2, 0) is 19.1 Å². The molecule has 0 rings (SSSR count). The number of hydrogen-bond acceptors (Lipinski definition) is 4. The zero-order valence-corrected chi connectivity index (χ0v) is 10.3. The van der Waals surface area contributed by atoms with Crippen molar-refractivity contribution in [1.82, 2.24) is 0 Å². The zero-order chi connectivity index (χ0) is 13.4. The molecule has 0 heterocycles. The van der Waals surface area contributed by atoms with E-state index >= 15 is 0 Å². The van der Waals surface area contributed by atoms with Gasteiger partial charge in [-0.25, -0.2) is 0 Å². The maximum Gasteiger partial charge on any atom is 0.302 e. The summed E-state index contributed by atoms with van der Waals surface area (Å²) >= 11 is 0. The first-order chi connectivity index (χ1) is 6.73. The van der Waals surface area contributed by atoms with Crippen LogP contribution in [0.5, 0.6) is 0 Å². The number of hydrogen-bond donors (Lipinski definition) is 0. The molecule has 84 valence electrons. The van der Waals surface area contributed by atoms with E-state index in [-0.39, 0.29) is 17.5 Å². The minimum absolute atomic E-state index is 0.167. The van der Waals surface area contributed by atoms with Crippen LogP contribution in [0.1, 0.15) is 34.6 Å². The molecule has 0 atom stereocenters. The Morgan fingerprint density at radius 1 is 0.800 bits per heavy atom. The van der Waals surface area contributed by atoms with Crippen molar-refractivity contribution in [3.8, 4) is 0 Å². The molecule has 0 bridgehead atoms. The fourth-order valence-corrected chi connectivity index (χ4v) is 0. The summed E-state index contributed by atoms with van der Waals surface area (Å²) in [5.41, 5.74) is 0. The molecule has 0 spiro atoms. The van der Waals surface area contributed by atoms with Gasteiger partial charge in [-0.1, -0.05) is 0 Å². The van der Waals surface area contributed by atoms with Crippen LogP contribution < -0.4 is 0 Å². The molecule has 0 aromatic rings. The van der Waals surface area contributed by atoms with E-state index in [1.54, 1.807) is 0 Å². The Hall–Kier alpha value is -1.06. The fraction of sp³-hybridized carbons (Fsp3) is 0.667. The average molecular weight is 212 g/mol. The Morgan fingerprint density at radius 2 is 0.867 bits per heavy atom. The lowest BCUT2D eigenvalue weighted by molar-refractivity contribution is -0.138. The normalized spacial score (nSPS) is 6.00. The van der Waals surface area contributed by atoms with Gasteiger partial charge < -0.3 is 14.3 Å². The number of carbonyl (C=O) groups is 3. The van der Waals surface area contributed by atoms with Crippen LogP contribution in [0, 0.1) is 0 Å². The number of carbonyl (C=O) groups excluding carboxylic acids is 3. The summed E-state index contributed by atoms with van der Waals surface area (Å²) in [5, 5.41) is 0. The topological polar surface area (TPSA) is 60.4 Å².